The number of hydrogen-bond donors (Lipinski definition) is 1. The van der Waals surface area contributed by atoms with Gasteiger partial charge in [0.15, 0.2) is 0 Å². The highest BCUT2D eigenvalue weighted by molar-refractivity contribution is 7.92. The van der Waals surface area contributed by atoms with Crippen LogP contribution in [0.2, 0.25) is 0 Å². The second-order valence-electron chi connectivity index (χ2n) is 3.49. The van der Waals surface area contributed by atoms with Gasteiger partial charge in [-0.15, -0.1) is 11.6 Å². The smallest absolute Gasteiger partial charge is 0.231 e. The van der Waals surface area contributed by atoms with E-state index in [9.17, 15) is 13.5 Å². The van der Waals surface area contributed by atoms with Crippen molar-refractivity contribution in [1.82, 2.24) is 0 Å². The van der Waals surface area contributed by atoms with Gasteiger partial charge in [0, 0.05) is 7.05 Å². The van der Waals surface area contributed by atoms with E-state index in [-0.39, 0.29) is 5.88 Å². The molecule has 0 spiro atoms. The number of aliphatic hydroxyl groups is 1. The zero-order valence-electron chi connectivity index (χ0n) is 9.09. The number of sulfonamides is 1. The summed E-state index contributed by atoms with van der Waals surface area (Å²) in [4.78, 5) is 0. The molecule has 1 aromatic carbocycles. The first-order valence-electron chi connectivity index (χ1n) is 4.64. The normalized spacial score (nSPS) is 13.5. The minimum absolute atomic E-state index is 0.112. The number of rotatable bonds is 4. The molecule has 4 nitrogen and oxygen atoms in total. The molecular weight excluding hydrogens is 250 g/mol. The van der Waals surface area contributed by atoms with Crippen molar-refractivity contribution in [3.63, 3.8) is 0 Å². The summed E-state index contributed by atoms with van der Waals surface area (Å²) in [6.07, 6.45) is 0.411. The Morgan fingerprint density at radius 1 is 1.38 bits per heavy atom. The summed E-state index contributed by atoms with van der Waals surface area (Å²) in [7, 11) is -1.78. The van der Waals surface area contributed by atoms with Gasteiger partial charge in [-0.3, -0.25) is 4.31 Å². The van der Waals surface area contributed by atoms with E-state index in [0.717, 1.165) is 6.26 Å². The number of anilines is 1. The largest absolute Gasteiger partial charge is 0.387 e. The van der Waals surface area contributed by atoms with E-state index >= 15 is 0 Å². The summed E-state index contributed by atoms with van der Waals surface area (Å²) in [5.74, 6) is 0.112. The molecule has 0 aliphatic rings. The summed E-state index contributed by atoms with van der Waals surface area (Å²) >= 11 is 5.51. The third-order valence-corrected chi connectivity index (χ3v) is 3.78. The highest BCUT2D eigenvalue weighted by Crippen LogP contribution is 2.20. The summed E-state index contributed by atoms with van der Waals surface area (Å²) in [5, 5.41) is 9.45. The first-order chi connectivity index (χ1) is 7.36. The molecule has 0 fully saturated rings. The van der Waals surface area contributed by atoms with Crippen molar-refractivity contribution in [2.75, 3.05) is 23.5 Å². The molecule has 0 heterocycles. The molecule has 1 atom stereocenters. The molecule has 0 aliphatic heterocycles. The number of alkyl halides is 1. The summed E-state index contributed by atoms with van der Waals surface area (Å²) < 4.78 is 23.7. The Bertz CT molecular complexity index is 444. The average Bonchev–Trinajstić information content (AvgIpc) is 2.26. The highest BCUT2D eigenvalue weighted by Gasteiger charge is 2.12. The van der Waals surface area contributed by atoms with Gasteiger partial charge in [-0.1, -0.05) is 12.1 Å². The van der Waals surface area contributed by atoms with E-state index < -0.39 is 16.1 Å². The van der Waals surface area contributed by atoms with E-state index in [2.05, 4.69) is 0 Å². The zero-order valence-corrected chi connectivity index (χ0v) is 10.7. The van der Waals surface area contributed by atoms with Crippen LogP contribution in [-0.4, -0.2) is 32.7 Å². The molecule has 0 saturated heterocycles. The zero-order chi connectivity index (χ0) is 12.3. The fourth-order valence-electron chi connectivity index (χ4n) is 1.19. The lowest BCUT2D eigenvalue weighted by molar-refractivity contribution is 0.202. The molecule has 0 amide bonds. The van der Waals surface area contributed by atoms with Gasteiger partial charge in [0.25, 0.3) is 0 Å². The lowest BCUT2D eigenvalue weighted by Crippen LogP contribution is -2.24. The molecular formula is C10H14ClNO3S. The fraction of sp³-hybridized carbons (Fsp3) is 0.400. The Morgan fingerprint density at radius 3 is 2.25 bits per heavy atom. The van der Waals surface area contributed by atoms with Crippen LogP contribution >= 0.6 is 11.6 Å². The number of hydrogen-bond acceptors (Lipinski definition) is 3. The van der Waals surface area contributed by atoms with Crippen molar-refractivity contribution in [1.29, 1.82) is 0 Å². The van der Waals surface area contributed by atoms with Gasteiger partial charge in [-0.2, -0.15) is 0 Å². The quantitative estimate of drug-likeness (QED) is 0.835. The molecule has 0 aromatic heterocycles. The van der Waals surface area contributed by atoms with E-state index in [1.54, 1.807) is 24.3 Å². The van der Waals surface area contributed by atoms with Crippen LogP contribution in [0, 0.1) is 0 Å². The monoisotopic (exact) mass is 263 g/mol. The molecule has 1 aromatic rings. The molecule has 16 heavy (non-hydrogen) atoms. The van der Waals surface area contributed by atoms with Crippen molar-refractivity contribution in [2.45, 2.75) is 6.10 Å². The molecule has 0 saturated carbocycles. The van der Waals surface area contributed by atoms with E-state index in [0.29, 0.717) is 11.3 Å². The minimum Gasteiger partial charge on any atom is -0.387 e. The third-order valence-electron chi connectivity index (χ3n) is 2.29. The second-order valence-corrected chi connectivity index (χ2v) is 5.81. The van der Waals surface area contributed by atoms with Crippen molar-refractivity contribution >= 4 is 27.3 Å². The molecule has 1 N–H and O–H groups in total. The molecule has 0 radical (unpaired) electrons. The molecule has 1 rings (SSSR count). The van der Waals surface area contributed by atoms with Gasteiger partial charge in [-0.05, 0) is 17.7 Å². The number of nitrogens with zero attached hydrogens (tertiary/aromatic N) is 1. The van der Waals surface area contributed by atoms with Gasteiger partial charge >= 0.3 is 0 Å². The Balaban J connectivity index is 2.96. The predicted octanol–water partition coefficient (Wildman–Crippen LogP) is 1.35. The van der Waals surface area contributed by atoms with Crippen LogP contribution < -0.4 is 4.31 Å². The molecule has 0 unspecified atom stereocenters. The lowest BCUT2D eigenvalue weighted by atomic mass is 10.1. The third kappa shape index (κ3) is 3.10. The van der Waals surface area contributed by atoms with Crippen LogP contribution in [0.15, 0.2) is 24.3 Å². The van der Waals surface area contributed by atoms with Gasteiger partial charge < -0.3 is 5.11 Å². The average molecular weight is 264 g/mol. The maximum Gasteiger partial charge on any atom is 0.231 e. The summed E-state index contributed by atoms with van der Waals surface area (Å²) in [5.41, 5.74) is 1.22. The van der Waals surface area contributed by atoms with Crippen LogP contribution in [-0.2, 0) is 10.0 Å². The topological polar surface area (TPSA) is 57.6 Å². The van der Waals surface area contributed by atoms with Crippen LogP contribution in [0.1, 0.15) is 11.7 Å². The fourth-order valence-corrected chi connectivity index (χ4v) is 1.87. The number of halogens is 1. The second kappa shape index (κ2) is 5.03. The first kappa shape index (κ1) is 13.3. The maximum atomic E-state index is 11.3. The van der Waals surface area contributed by atoms with E-state index in [1.165, 1.54) is 11.4 Å². The van der Waals surface area contributed by atoms with Crippen molar-refractivity contribution in [2.24, 2.45) is 0 Å². The van der Waals surface area contributed by atoms with Crippen LogP contribution in [0.4, 0.5) is 5.69 Å². The Kier molecular flexibility index (Phi) is 4.18. The minimum atomic E-state index is -3.25. The molecule has 6 heteroatoms. The van der Waals surface area contributed by atoms with Gasteiger partial charge in [0.1, 0.15) is 0 Å². The van der Waals surface area contributed by atoms with Crippen LogP contribution in [0.5, 0.6) is 0 Å². The SMILES string of the molecule is CN(c1ccc([C@@H](O)CCl)cc1)S(C)(=O)=O. The Hall–Kier alpha value is -0.780. The maximum absolute atomic E-state index is 11.3. The molecule has 0 aliphatic carbocycles. The summed E-state index contributed by atoms with van der Waals surface area (Å²) in [6.45, 7) is 0. The molecule has 0 bridgehead atoms. The lowest BCUT2D eigenvalue weighted by Gasteiger charge is -2.17. The van der Waals surface area contributed by atoms with E-state index in [4.69, 9.17) is 11.6 Å². The Morgan fingerprint density at radius 2 is 1.88 bits per heavy atom. The van der Waals surface area contributed by atoms with Crippen molar-refractivity contribution < 1.29 is 13.5 Å². The van der Waals surface area contributed by atoms with Gasteiger partial charge in [0.05, 0.1) is 23.9 Å². The standard InChI is InChI=1S/C10H14ClNO3S/c1-12(16(2,14)15)9-5-3-8(4-6-9)10(13)7-11/h3-6,10,13H,7H2,1-2H3/t10-/m0/s1. The summed E-state index contributed by atoms with van der Waals surface area (Å²) in [6, 6.07) is 6.58. The van der Waals surface area contributed by atoms with Crippen molar-refractivity contribution in [3.8, 4) is 0 Å². The van der Waals surface area contributed by atoms with E-state index in [1.807, 2.05) is 0 Å². The first-order valence-corrected chi connectivity index (χ1v) is 7.02. The molecule has 90 valence electrons. The van der Waals surface area contributed by atoms with Gasteiger partial charge in [-0.25, -0.2) is 8.42 Å². The highest BCUT2D eigenvalue weighted by atomic mass is 35.5. The van der Waals surface area contributed by atoms with Gasteiger partial charge in [0.2, 0.25) is 10.0 Å². The van der Waals surface area contributed by atoms with Crippen LogP contribution in [0.25, 0.3) is 0 Å². The predicted molar refractivity (Wildman–Crippen MR) is 65.4 cm³/mol. The Labute approximate surface area is 101 Å². The van der Waals surface area contributed by atoms with Crippen LogP contribution in [0.3, 0.4) is 0 Å². The number of benzene rings is 1. The van der Waals surface area contributed by atoms with Crippen molar-refractivity contribution in [3.05, 3.63) is 29.8 Å². The number of aliphatic hydroxyl groups excluding tert-OH is 1.